The van der Waals surface area contributed by atoms with Crippen LogP contribution in [0.15, 0.2) is 54.7 Å². The molecule has 0 saturated heterocycles. The van der Waals surface area contributed by atoms with Crippen LogP contribution in [0.3, 0.4) is 0 Å². The first-order valence-electron chi connectivity index (χ1n) is 12.1. The number of H-pyrrole nitrogens is 1. The van der Waals surface area contributed by atoms with E-state index in [1.807, 2.05) is 38.1 Å². The van der Waals surface area contributed by atoms with Crippen LogP contribution < -0.4 is 16.1 Å². The lowest BCUT2D eigenvalue weighted by molar-refractivity contribution is -0.143. The van der Waals surface area contributed by atoms with Crippen molar-refractivity contribution in [2.75, 3.05) is 5.32 Å². The summed E-state index contributed by atoms with van der Waals surface area (Å²) >= 11 is 0. The third-order valence-electron chi connectivity index (χ3n) is 5.75. The number of carboxylic acids is 2. The fraction of sp³-hybridized carbons (Fsp3) is 0.296. The summed E-state index contributed by atoms with van der Waals surface area (Å²) in [6.07, 6.45) is 2.58. The monoisotopic (exact) mass is 540 g/mol. The highest BCUT2D eigenvalue weighted by Gasteiger charge is 2.28. The van der Waals surface area contributed by atoms with Crippen molar-refractivity contribution in [2.45, 2.75) is 39.2 Å². The molecule has 0 fully saturated rings. The smallest absolute Gasteiger partial charge is 0.335 e. The number of carboxylic acid groups (broad SMARTS) is 2. The van der Waals surface area contributed by atoms with Crippen molar-refractivity contribution in [2.24, 2.45) is 11.8 Å². The Labute approximate surface area is 224 Å². The van der Waals surface area contributed by atoms with Crippen LogP contribution in [0.4, 0.5) is 5.69 Å². The predicted molar refractivity (Wildman–Crippen MR) is 142 cm³/mol. The molecular weight excluding hydrogens is 508 g/mol. The minimum Gasteiger partial charge on any atom is -0.480 e. The molecule has 0 radical (unpaired) electrons. The van der Waals surface area contributed by atoms with E-state index in [9.17, 15) is 29.1 Å². The number of rotatable bonds is 12. The number of amides is 3. The Kier molecular flexibility index (Phi) is 11.6. The molecular formula is C27H32N4O8. The van der Waals surface area contributed by atoms with Crippen molar-refractivity contribution >= 4 is 46.8 Å². The summed E-state index contributed by atoms with van der Waals surface area (Å²) in [5.41, 5.74) is 3.97. The SMILES string of the molecule is CC(C)CC(CC(=O)NO)C(=O)N[C@@H](Cc1c[nH]c2ccccc12)C(=O)O.O=CNc1ccc(C(=O)O)cc1. The Morgan fingerprint density at radius 3 is 2.23 bits per heavy atom. The molecule has 3 rings (SSSR count). The van der Waals surface area contributed by atoms with Crippen molar-refractivity contribution in [3.8, 4) is 0 Å². The molecule has 0 aliphatic carbocycles. The summed E-state index contributed by atoms with van der Waals surface area (Å²) < 4.78 is 0. The summed E-state index contributed by atoms with van der Waals surface area (Å²) in [6.45, 7) is 3.80. The highest BCUT2D eigenvalue weighted by molar-refractivity contribution is 5.90. The van der Waals surface area contributed by atoms with E-state index in [0.717, 1.165) is 16.5 Å². The Morgan fingerprint density at radius 2 is 1.67 bits per heavy atom. The van der Waals surface area contributed by atoms with Gasteiger partial charge in [0.1, 0.15) is 6.04 Å². The van der Waals surface area contributed by atoms with Crippen molar-refractivity contribution < 1.29 is 39.4 Å². The van der Waals surface area contributed by atoms with Crippen LogP contribution in [0.1, 0.15) is 42.6 Å². The van der Waals surface area contributed by atoms with Gasteiger partial charge in [-0.2, -0.15) is 0 Å². The van der Waals surface area contributed by atoms with Gasteiger partial charge in [0.25, 0.3) is 0 Å². The predicted octanol–water partition coefficient (Wildman–Crippen LogP) is 2.79. The third-order valence-corrected chi connectivity index (χ3v) is 5.75. The number of aromatic nitrogens is 1. The van der Waals surface area contributed by atoms with Crippen molar-refractivity contribution in [3.05, 3.63) is 65.9 Å². The Hall–Kier alpha value is -4.71. The fourth-order valence-electron chi connectivity index (χ4n) is 3.91. The number of fused-ring (bicyclic) bond motifs is 1. The van der Waals surface area contributed by atoms with E-state index in [1.165, 1.54) is 29.7 Å². The van der Waals surface area contributed by atoms with Crippen LogP contribution in [0.2, 0.25) is 0 Å². The molecule has 3 aromatic rings. The van der Waals surface area contributed by atoms with Gasteiger partial charge in [0, 0.05) is 41.5 Å². The number of hydroxylamine groups is 1. The van der Waals surface area contributed by atoms with E-state index in [0.29, 0.717) is 18.5 Å². The Balaban J connectivity index is 0.000000370. The lowest BCUT2D eigenvalue weighted by Gasteiger charge is -2.21. The van der Waals surface area contributed by atoms with Crippen molar-refractivity contribution in [3.63, 3.8) is 0 Å². The van der Waals surface area contributed by atoms with Gasteiger partial charge in [-0.1, -0.05) is 32.0 Å². The number of carbonyl (C=O) groups excluding carboxylic acids is 3. The summed E-state index contributed by atoms with van der Waals surface area (Å²) in [6, 6.07) is 12.3. The molecule has 2 aromatic carbocycles. The number of para-hydroxylation sites is 1. The topological polar surface area (TPSA) is 198 Å². The molecule has 208 valence electrons. The van der Waals surface area contributed by atoms with Crippen LogP contribution in [-0.2, 0) is 25.6 Å². The largest absolute Gasteiger partial charge is 0.480 e. The first-order chi connectivity index (χ1) is 18.5. The fourth-order valence-corrected chi connectivity index (χ4v) is 3.91. The summed E-state index contributed by atoms with van der Waals surface area (Å²) in [5, 5.41) is 32.6. The molecule has 7 N–H and O–H groups in total. The van der Waals surface area contributed by atoms with E-state index >= 15 is 0 Å². The van der Waals surface area contributed by atoms with Gasteiger partial charge >= 0.3 is 11.9 Å². The van der Waals surface area contributed by atoms with Gasteiger partial charge in [0.05, 0.1) is 5.56 Å². The number of hydrogen-bond acceptors (Lipinski definition) is 6. The van der Waals surface area contributed by atoms with Crippen LogP contribution in [0.25, 0.3) is 10.9 Å². The lowest BCUT2D eigenvalue weighted by Crippen LogP contribution is -2.46. The zero-order valence-corrected chi connectivity index (χ0v) is 21.5. The zero-order valence-electron chi connectivity index (χ0n) is 21.5. The molecule has 3 amide bonds. The second-order valence-electron chi connectivity index (χ2n) is 9.17. The average molecular weight is 541 g/mol. The molecule has 0 saturated carbocycles. The quantitative estimate of drug-likeness (QED) is 0.103. The second-order valence-corrected chi connectivity index (χ2v) is 9.17. The molecule has 1 unspecified atom stereocenters. The van der Waals surface area contributed by atoms with Crippen LogP contribution in [-0.4, -0.2) is 56.6 Å². The average Bonchev–Trinajstić information content (AvgIpc) is 3.31. The van der Waals surface area contributed by atoms with Crippen molar-refractivity contribution in [1.82, 2.24) is 15.8 Å². The van der Waals surface area contributed by atoms with Crippen LogP contribution in [0, 0.1) is 11.8 Å². The number of aromatic amines is 1. The Morgan fingerprint density at radius 1 is 1.00 bits per heavy atom. The highest BCUT2D eigenvalue weighted by atomic mass is 16.5. The first-order valence-corrected chi connectivity index (χ1v) is 12.1. The third kappa shape index (κ3) is 9.59. The lowest BCUT2D eigenvalue weighted by atomic mass is 9.92. The maximum atomic E-state index is 12.6. The normalized spacial score (nSPS) is 12.0. The van der Waals surface area contributed by atoms with Crippen LogP contribution >= 0.6 is 0 Å². The van der Waals surface area contributed by atoms with E-state index in [2.05, 4.69) is 15.6 Å². The van der Waals surface area contributed by atoms with E-state index in [4.69, 9.17) is 10.3 Å². The maximum Gasteiger partial charge on any atom is 0.335 e. The second kappa shape index (κ2) is 14.9. The number of aliphatic carboxylic acids is 1. The molecule has 1 aromatic heterocycles. The van der Waals surface area contributed by atoms with Gasteiger partial charge in [-0.25, -0.2) is 15.1 Å². The molecule has 2 atom stereocenters. The van der Waals surface area contributed by atoms with Gasteiger partial charge in [0.15, 0.2) is 0 Å². The number of aromatic carboxylic acids is 1. The van der Waals surface area contributed by atoms with Crippen molar-refractivity contribution in [1.29, 1.82) is 0 Å². The first kappa shape index (κ1) is 30.5. The number of nitrogens with one attached hydrogen (secondary N) is 4. The highest BCUT2D eigenvalue weighted by Crippen LogP contribution is 2.20. The van der Waals surface area contributed by atoms with Gasteiger partial charge in [-0.3, -0.25) is 19.6 Å². The van der Waals surface area contributed by atoms with E-state index in [1.54, 1.807) is 6.20 Å². The molecule has 12 nitrogen and oxygen atoms in total. The number of carbonyl (C=O) groups is 5. The Bertz CT molecular complexity index is 1290. The molecule has 39 heavy (non-hydrogen) atoms. The minimum absolute atomic E-state index is 0.117. The molecule has 0 aliphatic heterocycles. The molecule has 0 bridgehead atoms. The van der Waals surface area contributed by atoms with Gasteiger partial charge in [-0.15, -0.1) is 0 Å². The molecule has 0 aliphatic rings. The number of benzene rings is 2. The van der Waals surface area contributed by atoms with E-state index in [-0.39, 0.29) is 24.3 Å². The standard InChI is InChI=1S/C19H25N3O5.C8H7NO3/c1-11(2)7-12(9-17(23)22-27)18(24)21-16(19(25)26)8-13-10-20-15-6-4-3-5-14(13)15;10-5-9-7-3-1-6(2-4-7)8(11)12/h3-6,10-12,16,20,27H,7-9H2,1-2H3,(H,21,24)(H,22,23)(H,25,26);1-5H,(H,9,10)(H,11,12)/t12?,16-;/m0./s1. The van der Waals surface area contributed by atoms with Gasteiger partial charge < -0.3 is 25.8 Å². The molecule has 1 heterocycles. The summed E-state index contributed by atoms with van der Waals surface area (Å²) in [7, 11) is 0. The minimum atomic E-state index is -1.15. The van der Waals surface area contributed by atoms with E-state index < -0.39 is 35.7 Å². The van der Waals surface area contributed by atoms with Gasteiger partial charge in [0.2, 0.25) is 18.2 Å². The summed E-state index contributed by atoms with van der Waals surface area (Å²) in [4.78, 5) is 59.2. The molecule has 0 spiro atoms. The maximum absolute atomic E-state index is 12.6. The van der Waals surface area contributed by atoms with Crippen LogP contribution in [0.5, 0.6) is 0 Å². The number of hydrogen-bond donors (Lipinski definition) is 7. The van der Waals surface area contributed by atoms with Gasteiger partial charge in [-0.05, 0) is 48.2 Å². The summed E-state index contributed by atoms with van der Waals surface area (Å²) in [5.74, 6) is -3.92. The zero-order chi connectivity index (χ0) is 28.9. The molecule has 12 heteroatoms. The number of anilines is 1.